The van der Waals surface area contributed by atoms with E-state index >= 15 is 0 Å². The highest BCUT2D eigenvalue weighted by Gasteiger charge is 2.27. The van der Waals surface area contributed by atoms with E-state index in [1.165, 1.54) is 10.5 Å². The van der Waals surface area contributed by atoms with E-state index in [1.54, 1.807) is 11.8 Å². The van der Waals surface area contributed by atoms with E-state index in [0.717, 1.165) is 19.3 Å². The Kier molecular flexibility index (Phi) is 4.95. The van der Waals surface area contributed by atoms with Crippen LogP contribution in [-0.4, -0.2) is 23.1 Å². The molecule has 1 heterocycles. The van der Waals surface area contributed by atoms with Gasteiger partial charge in [-0.15, -0.1) is 23.4 Å². The highest BCUT2D eigenvalue weighted by atomic mass is 35.5. The molecule has 0 aliphatic carbocycles. The van der Waals surface area contributed by atoms with Gasteiger partial charge in [-0.2, -0.15) is 0 Å². The second-order valence-corrected chi connectivity index (χ2v) is 6.41. The van der Waals surface area contributed by atoms with Gasteiger partial charge in [0.15, 0.2) is 0 Å². The van der Waals surface area contributed by atoms with E-state index in [2.05, 4.69) is 24.4 Å². The molecular weight excluding hydrogens is 266 g/mol. The molecule has 0 fully saturated rings. The normalized spacial score (nSPS) is 19.3. The number of alkyl halides is 1. The van der Waals surface area contributed by atoms with Gasteiger partial charge in [-0.05, 0) is 24.5 Å². The number of hydrogen-bond acceptors (Lipinski definition) is 2. The summed E-state index contributed by atoms with van der Waals surface area (Å²) < 4.78 is 0. The zero-order chi connectivity index (χ0) is 13.0. The smallest absolute Gasteiger partial charge is 0.233 e. The maximum absolute atomic E-state index is 12.0. The molecule has 1 aromatic carbocycles. The lowest BCUT2D eigenvalue weighted by molar-refractivity contribution is -0.120. The summed E-state index contributed by atoms with van der Waals surface area (Å²) in [5.41, 5.74) is 1.28. The Bertz CT molecular complexity index is 399. The van der Waals surface area contributed by atoms with Crippen molar-refractivity contribution >= 4 is 29.3 Å². The van der Waals surface area contributed by atoms with Crippen LogP contribution in [0, 0.1) is 0 Å². The van der Waals surface area contributed by atoms with Crippen molar-refractivity contribution in [1.82, 2.24) is 5.32 Å². The van der Waals surface area contributed by atoms with Crippen LogP contribution < -0.4 is 5.32 Å². The van der Waals surface area contributed by atoms with Crippen LogP contribution in [0.25, 0.3) is 0 Å². The summed E-state index contributed by atoms with van der Waals surface area (Å²) in [6, 6.07) is 8.21. The molecule has 0 bridgehead atoms. The predicted octanol–water partition coefficient (Wildman–Crippen LogP) is 3.23. The number of nitrogens with one attached hydrogen (secondary N) is 1. The molecule has 1 amide bonds. The van der Waals surface area contributed by atoms with Gasteiger partial charge in [0.05, 0.1) is 10.6 Å². The van der Waals surface area contributed by atoms with Gasteiger partial charge in [-0.1, -0.05) is 31.5 Å². The number of halogens is 1. The third-order valence-electron chi connectivity index (χ3n) is 3.04. The van der Waals surface area contributed by atoms with Gasteiger partial charge in [0.25, 0.3) is 0 Å². The van der Waals surface area contributed by atoms with E-state index < -0.39 is 0 Å². The largest absolute Gasteiger partial charge is 0.354 e. The number of carbonyl (C=O) groups excluding carboxylic acids is 1. The molecule has 1 N–H and O–H groups in total. The molecule has 0 saturated heterocycles. The SMILES string of the molecule is CCCC(Cl)CNC(=O)C1Cc2ccccc2S1. The quantitative estimate of drug-likeness (QED) is 0.841. The molecule has 2 unspecified atom stereocenters. The van der Waals surface area contributed by atoms with Crippen LogP contribution in [0.2, 0.25) is 0 Å². The van der Waals surface area contributed by atoms with Gasteiger partial charge in [-0.3, -0.25) is 4.79 Å². The van der Waals surface area contributed by atoms with Crippen molar-refractivity contribution in [1.29, 1.82) is 0 Å². The number of amides is 1. The van der Waals surface area contributed by atoms with Crippen molar-refractivity contribution in [2.24, 2.45) is 0 Å². The molecular formula is C14H18ClNOS. The van der Waals surface area contributed by atoms with E-state index in [0.29, 0.717) is 6.54 Å². The zero-order valence-electron chi connectivity index (χ0n) is 10.5. The zero-order valence-corrected chi connectivity index (χ0v) is 12.1. The van der Waals surface area contributed by atoms with E-state index in [-0.39, 0.29) is 16.5 Å². The first-order valence-electron chi connectivity index (χ1n) is 6.37. The lowest BCUT2D eigenvalue weighted by atomic mass is 10.1. The molecule has 4 heteroatoms. The van der Waals surface area contributed by atoms with Crippen molar-refractivity contribution in [3.8, 4) is 0 Å². The highest BCUT2D eigenvalue weighted by molar-refractivity contribution is 8.01. The van der Waals surface area contributed by atoms with Crippen molar-refractivity contribution in [3.63, 3.8) is 0 Å². The van der Waals surface area contributed by atoms with Crippen molar-refractivity contribution in [2.75, 3.05) is 6.54 Å². The number of carbonyl (C=O) groups is 1. The second-order valence-electron chi connectivity index (χ2n) is 4.55. The van der Waals surface area contributed by atoms with Gasteiger partial charge < -0.3 is 5.32 Å². The van der Waals surface area contributed by atoms with E-state index in [1.807, 2.05) is 12.1 Å². The van der Waals surface area contributed by atoms with Crippen LogP contribution in [0.15, 0.2) is 29.2 Å². The van der Waals surface area contributed by atoms with Crippen LogP contribution in [0.3, 0.4) is 0 Å². The molecule has 2 nitrogen and oxygen atoms in total. The minimum atomic E-state index is 0.00731. The molecule has 1 aromatic rings. The molecule has 0 spiro atoms. The monoisotopic (exact) mass is 283 g/mol. The second kappa shape index (κ2) is 6.48. The van der Waals surface area contributed by atoms with Gasteiger partial charge in [0.2, 0.25) is 5.91 Å². The molecule has 1 aliphatic heterocycles. The summed E-state index contributed by atoms with van der Waals surface area (Å²) in [6.45, 7) is 2.67. The molecule has 0 radical (unpaired) electrons. The number of thioether (sulfide) groups is 1. The van der Waals surface area contributed by atoms with Crippen molar-refractivity contribution in [2.45, 2.75) is 41.7 Å². The van der Waals surface area contributed by atoms with Crippen LogP contribution in [-0.2, 0) is 11.2 Å². The Balaban J connectivity index is 1.82. The van der Waals surface area contributed by atoms with Crippen LogP contribution in [0.5, 0.6) is 0 Å². The van der Waals surface area contributed by atoms with Gasteiger partial charge in [0.1, 0.15) is 0 Å². The number of benzene rings is 1. The summed E-state index contributed by atoms with van der Waals surface area (Å²) in [5, 5.41) is 3.01. The third kappa shape index (κ3) is 3.42. The van der Waals surface area contributed by atoms with Crippen LogP contribution >= 0.6 is 23.4 Å². The van der Waals surface area contributed by atoms with Crippen molar-refractivity contribution < 1.29 is 4.79 Å². The lowest BCUT2D eigenvalue weighted by Gasteiger charge is -2.12. The van der Waals surface area contributed by atoms with E-state index in [4.69, 9.17) is 11.6 Å². The number of rotatable bonds is 5. The Morgan fingerprint density at radius 2 is 2.33 bits per heavy atom. The Morgan fingerprint density at radius 1 is 1.56 bits per heavy atom. The standard InChI is InChI=1S/C14H18ClNOS/c1-2-5-11(15)9-16-14(17)13-8-10-6-3-4-7-12(10)18-13/h3-4,6-7,11,13H,2,5,8-9H2,1H3,(H,16,17). The number of hydrogen-bond donors (Lipinski definition) is 1. The Labute approximate surface area is 117 Å². The third-order valence-corrected chi connectivity index (χ3v) is 4.73. The summed E-state index contributed by atoms with van der Waals surface area (Å²) in [5.74, 6) is 0.109. The minimum absolute atomic E-state index is 0.00731. The first-order chi connectivity index (χ1) is 8.70. The van der Waals surface area contributed by atoms with Gasteiger partial charge >= 0.3 is 0 Å². The molecule has 0 aromatic heterocycles. The first kappa shape index (κ1) is 13.8. The van der Waals surface area contributed by atoms with Gasteiger partial charge in [-0.25, -0.2) is 0 Å². The lowest BCUT2D eigenvalue weighted by Crippen LogP contribution is -2.36. The van der Waals surface area contributed by atoms with Crippen LogP contribution in [0.1, 0.15) is 25.3 Å². The molecule has 2 atom stereocenters. The van der Waals surface area contributed by atoms with Crippen LogP contribution in [0.4, 0.5) is 0 Å². The molecule has 98 valence electrons. The fraction of sp³-hybridized carbons (Fsp3) is 0.500. The molecule has 18 heavy (non-hydrogen) atoms. The van der Waals surface area contributed by atoms with Gasteiger partial charge in [0, 0.05) is 11.4 Å². The fourth-order valence-corrected chi connectivity index (χ4v) is 3.58. The average molecular weight is 284 g/mol. The highest BCUT2D eigenvalue weighted by Crippen LogP contribution is 2.36. The predicted molar refractivity (Wildman–Crippen MR) is 77.3 cm³/mol. The summed E-state index contributed by atoms with van der Waals surface area (Å²) in [4.78, 5) is 13.3. The number of fused-ring (bicyclic) bond motifs is 1. The first-order valence-corrected chi connectivity index (χ1v) is 7.68. The Morgan fingerprint density at radius 3 is 3.06 bits per heavy atom. The minimum Gasteiger partial charge on any atom is -0.354 e. The topological polar surface area (TPSA) is 29.1 Å². The fourth-order valence-electron chi connectivity index (χ4n) is 2.07. The summed E-state index contributed by atoms with van der Waals surface area (Å²) >= 11 is 7.75. The molecule has 1 aliphatic rings. The maximum atomic E-state index is 12.0. The van der Waals surface area contributed by atoms with Crippen molar-refractivity contribution in [3.05, 3.63) is 29.8 Å². The average Bonchev–Trinajstić information content (AvgIpc) is 2.80. The molecule has 2 rings (SSSR count). The van der Waals surface area contributed by atoms with E-state index in [9.17, 15) is 4.79 Å². The summed E-state index contributed by atoms with van der Waals surface area (Å²) in [6.07, 6.45) is 2.82. The molecule has 0 saturated carbocycles. The Hall–Kier alpha value is -0.670. The summed E-state index contributed by atoms with van der Waals surface area (Å²) in [7, 11) is 0. The maximum Gasteiger partial charge on any atom is 0.233 e.